The molecule has 0 radical (unpaired) electrons. The molecule has 2 heterocycles. The zero-order valence-electron chi connectivity index (χ0n) is 18.4. The van der Waals surface area contributed by atoms with Crippen molar-refractivity contribution in [2.24, 2.45) is 4.99 Å². The lowest BCUT2D eigenvalue weighted by Crippen LogP contribution is -2.38. The fraction of sp³-hybridized carbons (Fsp3) is 0.522. The fourth-order valence-corrected chi connectivity index (χ4v) is 3.83. The molecule has 7 heteroatoms. The van der Waals surface area contributed by atoms with E-state index in [0.717, 1.165) is 69.3 Å². The number of para-hydroxylation sites is 1. The van der Waals surface area contributed by atoms with Gasteiger partial charge in [-0.15, -0.1) is 0 Å². The summed E-state index contributed by atoms with van der Waals surface area (Å²) in [6, 6.07) is 10.3. The third-order valence-electron chi connectivity index (χ3n) is 5.29. The first-order valence-electron chi connectivity index (χ1n) is 11.0. The number of aromatic nitrogens is 2. The molecule has 0 saturated heterocycles. The Hall–Kier alpha value is -2.83. The third kappa shape index (κ3) is 5.84. The van der Waals surface area contributed by atoms with Crippen LogP contribution in [0.25, 0.3) is 0 Å². The molecule has 0 unspecified atom stereocenters. The molecule has 30 heavy (non-hydrogen) atoms. The van der Waals surface area contributed by atoms with Crippen molar-refractivity contribution in [1.82, 2.24) is 20.4 Å². The van der Waals surface area contributed by atoms with Crippen LogP contribution in [-0.4, -0.2) is 47.8 Å². The minimum Gasteiger partial charge on any atom is -0.357 e. The van der Waals surface area contributed by atoms with Crippen LogP contribution in [0, 0.1) is 13.8 Å². The van der Waals surface area contributed by atoms with E-state index >= 15 is 0 Å². The van der Waals surface area contributed by atoms with E-state index < -0.39 is 0 Å². The average Bonchev–Trinajstić information content (AvgIpc) is 3.30. The van der Waals surface area contributed by atoms with Crippen molar-refractivity contribution in [3.63, 3.8) is 0 Å². The number of fused-ring (bicyclic) bond motifs is 1. The average molecular weight is 411 g/mol. The summed E-state index contributed by atoms with van der Waals surface area (Å²) in [5, 5.41) is 11.1. The van der Waals surface area contributed by atoms with Gasteiger partial charge in [0.1, 0.15) is 0 Å². The van der Waals surface area contributed by atoms with Gasteiger partial charge in [-0.2, -0.15) is 5.10 Å². The number of nitrogens with zero attached hydrogens (tertiary/aromatic N) is 4. The van der Waals surface area contributed by atoms with Gasteiger partial charge in [-0.25, -0.2) is 0 Å². The minimum absolute atomic E-state index is 0.202. The normalized spacial score (nSPS) is 13.4. The van der Waals surface area contributed by atoms with Crippen molar-refractivity contribution in [3.05, 3.63) is 47.3 Å². The molecule has 0 aliphatic carbocycles. The smallest absolute Gasteiger partial charge is 0.227 e. The van der Waals surface area contributed by atoms with E-state index in [1.807, 2.05) is 34.7 Å². The van der Waals surface area contributed by atoms with Crippen LogP contribution < -0.4 is 15.5 Å². The van der Waals surface area contributed by atoms with Crippen molar-refractivity contribution < 1.29 is 4.79 Å². The Morgan fingerprint density at radius 1 is 1.20 bits per heavy atom. The predicted molar refractivity (Wildman–Crippen MR) is 122 cm³/mol. The minimum atomic E-state index is 0.202. The number of rotatable bonds is 9. The van der Waals surface area contributed by atoms with Crippen LogP contribution in [0.3, 0.4) is 0 Å². The Morgan fingerprint density at radius 2 is 2.03 bits per heavy atom. The third-order valence-corrected chi connectivity index (χ3v) is 5.29. The van der Waals surface area contributed by atoms with E-state index in [1.54, 1.807) is 0 Å². The molecule has 2 N–H and O–H groups in total. The lowest BCUT2D eigenvalue weighted by atomic mass is 10.2. The van der Waals surface area contributed by atoms with Gasteiger partial charge in [0.15, 0.2) is 5.96 Å². The van der Waals surface area contributed by atoms with Crippen molar-refractivity contribution in [2.75, 3.05) is 31.1 Å². The quantitative estimate of drug-likeness (QED) is 0.379. The lowest BCUT2D eigenvalue weighted by Gasteiger charge is -2.17. The molecule has 1 aliphatic rings. The second-order valence-corrected chi connectivity index (χ2v) is 7.72. The van der Waals surface area contributed by atoms with Crippen LogP contribution in [0.5, 0.6) is 0 Å². The number of guanidine groups is 1. The summed E-state index contributed by atoms with van der Waals surface area (Å²) in [7, 11) is 0. The number of aliphatic imine (C=N–C) groups is 1. The summed E-state index contributed by atoms with van der Waals surface area (Å²) in [5.41, 5.74) is 4.59. The molecule has 0 bridgehead atoms. The highest BCUT2D eigenvalue weighted by atomic mass is 16.2. The van der Waals surface area contributed by atoms with E-state index in [0.29, 0.717) is 6.42 Å². The van der Waals surface area contributed by atoms with E-state index in [4.69, 9.17) is 0 Å². The van der Waals surface area contributed by atoms with Crippen LogP contribution in [0.15, 0.2) is 35.3 Å². The van der Waals surface area contributed by atoms with Crippen molar-refractivity contribution in [1.29, 1.82) is 0 Å². The highest BCUT2D eigenvalue weighted by Gasteiger charge is 2.23. The molecule has 1 aromatic carbocycles. The maximum Gasteiger partial charge on any atom is 0.227 e. The van der Waals surface area contributed by atoms with Crippen LogP contribution in [0.1, 0.15) is 43.1 Å². The van der Waals surface area contributed by atoms with E-state index in [9.17, 15) is 4.79 Å². The standard InChI is InChI=1S/C23H34N6O/c1-4-24-23(26-14-8-15-29-19(3)17-18(2)27-29)25-13-7-11-22(30)28-16-12-20-9-5-6-10-21(20)28/h5-6,9-10,17H,4,7-8,11-16H2,1-3H3,(H2,24,25,26). The number of benzene rings is 1. The Morgan fingerprint density at radius 3 is 2.80 bits per heavy atom. The van der Waals surface area contributed by atoms with Crippen LogP contribution in [0.2, 0.25) is 0 Å². The zero-order chi connectivity index (χ0) is 21.3. The van der Waals surface area contributed by atoms with E-state index in [1.165, 1.54) is 11.3 Å². The molecule has 0 saturated carbocycles. The first kappa shape index (κ1) is 21.9. The molecule has 0 fully saturated rings. The highest BCUT2D eigenvalue weighted by Crippen LogP contribution is 2.27. The number of carbonyl (C=O) groups excluding carboxylic acids is 1. The number of hydrogen-bond acceptors (Lipinski definition) is 3. The van der Waals surface area contributed by atoms with Gasteiger partial charge < -0.3 is 15.5 Å². The van der Waals surface area contributed by atoms with Crippen molar-refractivity contribution >= 4 is 17.6 Å². The monoisotopic (exact) mass is 410 g/mol. The largest absolute Gasteiger partial charge is 0.357 e. The first-order chi connectivity index (χ1) is 14.6. The van der Waals surface area contributed by atoms with E-state index in [2.05, 4.69) is 46.7 Å². The molecular weight excluding hydrogens is 376 g/mol. The number of hydrogen-bond donors (Lipinski definition) is 2. The summed E-state index contributed by atoms with van der Waals surface area (Å²) < 4.78 is 2.04. The van der Waals surface area contributed by atoms with Gasteiger partial charge in [-0.1, -0.05) is 18.2 Å². The topological polar surface area (TPSA) is 74.5 Å². The number of amides is 1. The molecule has 3 rings (SSSR count). The Kier molecular flexibility index (Phi) is 7.88. The first-order valence-corrected chi connectivity index (χ1v) is 11.0. The summed E-state index contributed by atoms with van der Waals surface area (Å²) >= 11 is 0. The van der Waals surface area contributed by atoms with Crippen LogP contribution in [-0.2, 0) is 17.8 Å². The van der Waals surface area contributed by atoms with Crippen LogP contribution >= 0.6 is 0 Å². The van der Waals surface area contributed by atoms with Gasteiger partial charge in [-0.05, 0) is 57.7 Å². The fourth-order valence-electron chi connectivity index (χ4n) is 3.83. The summed E-state index contributed by atoms with van der Waals surface area (Å²) in [6.07, 6.45) is 3.22. The number of aryl methyl sites for hydroxylation is 3. The molecule has 0 atom stereocenters. The summed E-state index contributed by atoms with van der Waals surface area (Å²) in [4.78, 5) is 19.2. The maximum atomic E-state index is 12.6. The summed E-state index contributed by atoms with van der Waals surface area (Å²) in [5.74, 6) is 1.01. The second kappa shape index (κ2) is 10.8. The van der Waals surface area contributed by atoms with Crippen LogP contribution in [0.4, 0.5) is 5.69 Å². The SMILES string of the molecule is CCNC(=NCCCn1nc(C)cc1C)NCCCC(=O)N1CCc2ccccc21. The molecule has 162 valence electrons. The maximum absolute atomic E-state index is 12.6. The van der Waals surface area contributed by atoms with Gasteiger partial charge in [0.2, 0.25) is 5.91 Å². The number of carbonyl (C=O) groups is 1. The highest BCUT2D eigenvalue weighted by molar-refractivity contribution is 5.95. The van der Waals surface area contributed by atoms with Crippen molar-refractivity contribution in [3.8, 4) is 0 Å². The Labute approximate surface area is 179 Å². The Balaban J connectivity index is 1.38. The molecule has 2 aromatic rings. The molecular formula is C23H34N6O. The predicted octanol–water partition coefficient (Wildman–Crippen LogP) is 2.81. The zero-order valence-corrected chi connectivity index (χ0v) is 18.4. The number of anilines is 1. The lowest BCUT2D eigenvalue weighted by molar-refractivity contribution is -0.118. The Bertz CT molecular complexity index is 872. The van der Waals surface area contributed by atoms with E-state index in [-0.39, 0.29) is 5.91 Å². The van der Waals surface area contributed by atoms with Crippen molar-refractivity contribution in [2.45, 2.75) is 53.0 Å². The molecule has 7 nitrogen and oxygen atoms in total. The van der Waals surface area contributed by atoms with Gasteiger partial charge in [0.05, 0.1) is 5.69 Å². The van der Waals surface area contributed by atoms with Gasteiger partial charge >= 0.3 is 0 Å². The second-order valence-electron chi connectivity index (χ2n) is 7.72. The van der Waals surface area contributed by atoms with Gasteiger partial charge in [0, 0.05) is 50.5 Å². The molecule has 1 aromatic heterocycles. The molecule has 1 aliphatic heterocycles. The van der Waals surface area contributed by atoms with Gasteiger partial charge in [-0.3, -0.25) is 14.5 Å². The molecule has 1 amide bonds. The van der Waals surface area contributed by atoms with Gasteiger partial charge in [0.25, 0.3) is 0 Å². The molecule has 0 spiro atoms. The number of nitrogens with one attached hydrogen (secondary N) is 2. The summed E-state index contributed by atoms with van der Waals surface area (Å²) in [6.45, 7) is 10.1.